The van der Waals surface area contributed by atoms with Crippen LogP contribution in [0.1, 0.15) is 10.5 Å². The summed E-state index contributed by atoms with van der Waals surface area (Å²) in [6, 6.07) is 11.3. The Labute approximate surface area is 142 Å². The van der Waals surface area contributed by atoms with Gasteiger partial charge in [-0.1, -0.05) is 36.4 Å². The van der Waals surface area contributed by atoms with E-state index in [1.165, 1.54) is 0 Å². The number of aromatic nitrogens is 2. The quantitative estimate of drug-likeness (QED) is 0.727. The van der Waals surface area contributed by atoms with Crippen molar-refractivity contribution in [2.24, 2.45) is 0 Å². The first-order chi connectivity index (χ1) is 11.6. The Morgan fingerprint density at radius 2 is 2.00 bits per heavy atom. The van der Waals surface area contributed by atoms with Crippen LogP contribution < -0.4 is 10.6 Å². The molecule has 126 valence electrons. The van der Waals surface area contributed by atoms with E-state index in [0.29, 0.717) is 23.9 Å². The smallest absolute Gasteiger partial charge is 0.270 e. The molecule has 0 bridgehead atoms. The Bertz CT molecular complexity index is 685. The van der Waals surface area contributed by atoms with Crippen molar-refractivity contribution < 1.29 is 4.79 Å². The summed E-state index contributed by atoms with van der Waals surface area (Å²) in [7, 11) is 4.01. The summed E-state index contributed by atoms with van der Waals surface area (Å²) in [5.74, 6) is 0.911. The molecule has 0 saturated carbocycles. The normalized spacial score (nSPS) is 10.5. The van der Waals surface area contributed by atoms with Crippen molar-refractivity contribution >= 4 is 11.7 Å². The van der Waals surface area contributed by atoms with Gasteiger partial charge in [-0.25, -0.2) is 9.97 Å². The third kappa shape index (κ3) is 5.17. The van der Waals surface area contributed by atoms with Gasteiger partial charge in [-0.2, -0.15) is 0 Å². The van der Waals surface area contributed by atoms with E-state index in [0.717, 1.165) is 18.7 Å². The molecule has 0 spiro atoms. The van der Waals surface area contributed by atoms with E-state index >= 15 is 0 Å². The average Bonchev–Trinajstić information content (AvgIpc) is 2.60. The Morgan fingerprint density at radius 1 is 1.25 bits per heavy atom. The lowest BCUT2D eigenvalue weighted by atomic mass is 10.2. The first-order valence-electron chi connectivity index (χ1n) is 7.82. The molecule has 2 N–H and O–H groups in total. The van der Waals surface area contributed by atoms with Crippen LogP contribution in [0.2, 0.25) is 0 Å². The number of hydrogen-bond donors (Lipinski definition) is 2. The van der Waals surface area contributed by atoms with E-state index in [4.69, 9.17) is 0 Å². The molecule has 2 rings (SSSR count). The van der Waals surface area contributed by atoms with Gasteiger partial charge in [-0.05, 0) is 14.1 Å². The second-order valence-electron chi connectivity index (χ2n) is 5.56. The van der Waals surface area contributed by atoms with Crippen LogP contribution in [-0.2, 0) is 0 Å². The van der Waals surface area contributed by atoms with Gasteiger partial charge >= 0.3 is 0 Å². The second kappa shape index (κ2) is 8.79. The van der Waals surface area contributed by atoms with E-state index in [-0.39, 0.29) is 5.91 Å². The van der Waals surface area contributed by atoms with Gasteiger partial charge in [0, 0.05) is 31.3 Å². The summed E-state index contributed by atoms with van der Waals surface area (Å²) >= 11 is 0. The van der Waals surface area contributed by atoms with Crippen molar-refractivity contribution in [2.45, 2.75) is 0 Å². The van der Waals surface area contributed by atoms with Gasteiger partial charge in [-0.3, -0.25) is 4.79 Å². The molecule has 0 saturated heterocycles. The maximum atomic E-state index is 12.2. The molecule has 0 aliphatic carbocycles. The monoisotopic (exact) mass is 325 g/mol. The maximum Gasteiger partial charge on any atom is 0.270 e. The van der Waals surface area contributed by atoms with Gasteiger partial charge in [0.05, 0.1) is 0 Å². The number of rotatable bonds is 8. The van der Waals surface area contributed by atoms with Gasteiger partial charge in [0.2, 0.25) is 0 Å². The molecule has 6 nitrogen and oxygen atoms in total. The van der Waals surface area contributed by atoms with E-state index in [1.807, 2.05) is 44.4 Å². The van der Waals surface area contributed by atoms with E-state index in [2.05, 4.69) is 32.1 Å². The predicted molar refractivity (Wildman–Crippen MR) is 97.0 cm³/mol. The zero-order valence-corrected chi connectivity index (χ0v) is 14.1. The first-order valence-corrected chi connectivity index (χ1v) is 7.82. The largest absolute Gasteiger partial charge is 0.369 e. The molecule has 0 aliphatic heterocycles. The lowest BCUT2D eigenvalue weighted by molar-refractivity contribution is 0.0953. The average molecular weight is 325 g/mol. The van der Waals surface area contributed by atoms with Gasteiger partial charge in [0.1, 0.15) is 11.5 Å². The zero-order chi connectivity index (χ0) is 17.4. The van der Waals surface area contributed by atoms with Crippen LogP contribution in [0.3, 0.4) is 0 Å². The fourth-order valence-electron chi connectivity index (χ4n) is 2.03. The SMILES string of the molecule is C=CCNC(=O)c1cc(NCCN(C)C)nc(-c2ccccc2)n1. The second-order valence-corrected chi connectivity index (χ2v) is 5.56. The van der Waals surface area contributed by atoms with Crippen LogP contribution >= 0.6 is 0 Å². The van der Waals surface area contributed by atoms with Gasteiger partial charge < -0.3 is 15.5 Å². The molecule has 0 fully saturated rings. The highest BCUT2D eigenvalue weighted by molar-refractivity contribution is 5.93. The first kappa shape index (κ1) is 17.6. The van der Waals surface area contributed by atoms with Crippen molar-refractivity contribution in [1.29, 1.82) is 0 Å². The minimum Gasteiger partial charge on any atom is -0.369 e. The number of nitrogens with one attached hydrogen (secondary N) is 2. The molecule has 0 atom stereocenters. The van der Waals surface area contributed by atoms with Crippen molar-refractivity contribution in [1.82, 2.24) is 20.2 Å². The fourth-order valence-corrected chi connectivity index (χ4v) is 2.03. The maximum absolute atomic E-state index is 12.2. The van der Waals surface area contributed by atoms with Crippen LogP contribution in [0, 0.1) is 0 Å². The zero-order valence-electron chi connectivity index (χ0n) is 14.1. The summed E-state index contributed by atoms with van der Waals surface area (Å²) in [6.07, 6.45) is 1.63. The topological polar surface area (TPSA) is 70.2 Å². The Morgan fingerprint density at radius 3 is 2.67 bits per heavy atom. The standard InChI is InChI=1S/C18H23N5O/c1-4-10-20-18(24)15-13-16(19-11-12-23(2)3)22-17(21-15)14-8-6-5-7-9-14/h4-9,13H,1,10-12H2,2-3H3,(H,20,24)(H,19,21,22). The highest BCUT2D eigenvalue weighted by Crippen LogP contribution is 2.17. The number of hydrogen-bond acceptors (Lipinski definition) is 5. The van der Waals surface area contributed by atoms with Crippen LogP contribution in [0.4, 0.5) is 5.82 Å². The van der Waals surface area contributed by atoms with Crippen molar-refractivity contribution in [3.05, 3.63) is 54.7 Å². The van der Waals surface area contributed by atoms with E-state index in [9.17, 15) is 4.79 Å². The molecular formula is C18H23N5O. The molecule has 1 amide bonds. The number of nitrogens with zero attached hydrogens (tertiary/aromatic N) is 3. The summed E-state index contributed by atoms with van der Waals surface area (Å²) in [5.41, 5.74) is 1.20. The number of carbonyl (C=O) groups excluding carboxylic acids is 1. The lowest BCUT2D eigenvalue weighted by Crippen LogP contribution is -2.25. The molecule has 0 aliphatic rings. The van der Waals surface area contributed by atoms with E-state index < -0.39 is 0 Å². The Balaban J connectivity index is 2.28. The molecule has 6 heteroatoms. The highest BCUT2D eigenvalue weighted by Gasteiger charge is 2.12. The fraction of sp³-hybridized carbons (Fsp3) is 0.278. The van der Waals surface area contributed by atoms with Gasteiger partial charge in [-0.15, -0.1) is 6.58 Å². The Hall–Kier alpha value is -2.73. The number of benzene rings is 1. The van der Waals surface area contributed by atoms with Crippen molar-refractivity contribution in [3.8, 4) is 11.4 Å². The van der Waals surface area contributed by atoms with Gasteiger partial charge in [0.15, 0.2) is 5.82 Å². The van der Waals surface area contributed by atoms with Crippen LogP contribution in [0.15, 0.2) is 49.1 Å². The molecule has 2 aromatic rings. The van der Waals surface area contributed by atoms with Crippen LogP contribution in [0.25, 0.3) is 11.4 Å². The van der Waals surface area contributed by atoms with Crippen LogP contribution in [0.5, 0.6) is 0 Å². The van der Waals surface area contributed by atoms with Crippen molar-refractivity contribution in [2.75, 3.05) is 39.0 Å². The summed E-state index contributed by atoms with van der Waals surface area (Å²) in [6.45, 7) is 5.59. The molecule has 0 radical (unpaired) electrons. The predicted octanol–water partition coefficient (Wildman–Crippen LogP) is 2.03. The van der Waals surface area contributed by atoms with E-state index in [1.54, 1.807) is 12.1 Å². The summed E-state index contributed by atoms with van der Waals surface area (Å²) in [4.78, 5) is 23.2. The number of likely N-dealkylation sites (N-methyl/N-ethyl adjacent to an activating group) is 1. The minimum atomic E-state index is -0.245. The third-order valence-corrected chi connectivity index (χ3v) is 3.26. The summed E-state index contributed by atoms with van der Waals surface area (Å²) in [5, 5.41) is 5.99. The summed E-state index contributed by atoms with van der Waals surface area (Å²) < 4.78 is 0. The molecule has 24 heavy (non-hydrogen) atoms. The number of amides is 1. The minimum absolute atomic E-state index is 0.245. The van der Waals surface area contributed by atoms with Gasteiger partial charge in [0.25, 0.3) is 5.91 Å². The van der Waals surface area contributed by atoms with Crippen LogP contribution in [-0.4, -0.2) is 54.5 Å². The highest BCUT2D eigenvalue weighted by atomic mass is 16.1. The number of anilines is 1. The molecule has 0 unspecified atom stereocenters. The third-order valence-electron chi connectivity index (χ3n) is 3.26. The lowest BCUT2D eigenvalue weighted by Gasteiger charge is -2.12. The molecule has 1 aromatic carbocycles. The molecular weight excluding hydrogens is 302 g/mol. The molecule has 1 aromatic heterocycles. The Kier molecular flexibility index (Phi) is 6.45. The van der Waals surface area contributed by atoms with Crippen molar-refractivity contribution in [3.63, 3.8) is 0 Å². The number of carbonyl (C=O) groups is 1. The molecule has 1 heterocycles.